The number of alkyl halides is 1. The highest BCUT2D eigenvalue weighted by Crippen LogP contribution is 2.37. The minimum absolute atomic E-state index is 0.127. The van der Waals surface area contributed by atoms with Crippen molar-refractivity contribution in [2.75, 3.05) is 5.32 Å². The number of hydrogen-bond acceptors (Lipinski definition) is 5. The van der Waals surface area contributed by atoms with Crippen LogP contribution in [0.15, 0.2) is 48.5 Å². The zero-order chi connectivity index (χ0) is 15.4. The van der Waals surface area contributed by atoms with Gasteiger partial charge in [0.25, 0.3) is 11.4 Å². The van der Waals surface area contributed by atoms with Crippen LogP contribution >= 0.6 is 15.9 Å². The number of para-hydroxylation sites is 1. The summed E-state index contributed by atoms with van der Waals surface area (Å²) < 4.78 is 0. The van der Waals surface area contributed by atoms with Crippen LogP contribution in [0, 0.1) is 20.2 Å². The van der Waals surface area contributed by atoms with E-state index in [1.165, 1.54) is 18.2 Å². The number of nitrogens with one attached hydrogen (secondary N) is 1. The molecule has 7 nitrogen and oxygen atoms in total. The highest BCUT2D eigenvalue weighted by atomic mass is 79.9. The Morgan fingerprint density at radius 2 is 1.43 bits per heavy atom. The molecule has 0 fully saturated rings. The van der Waals surface area contributed by atoms with Crippen molar-refractivity contribution >= 4 is 33.0 Å². The van der Waals surface area contributed by atoms with Gasteiger partial charge in [-0.05, 0) is 11.6 Å². The van der Waals surface area contributed by atoms with E-state index in [9.17, 15) is 20.2 Å². The van der Waals surface area contributed by atoms with Gasteiger partial charge in [0.1, 0.15) is 4.95 Å². The molecule has 0 saturated heterocycles. The van der Waals surface area contributed by atoms with Crippen molar-refractivity contribution in [2.24, 2.45) is 0 Å². The second-order valence-corrected chi connectivity index (χ2v) is 5.02. The lowest BCUT2D eigenvalue weighted by Gasteiger charge is -2.14. The lowest BCUT2D eigenvalue weighted by atomic mass is 10.2. The average Bonchev–Trinajstić information content (AvgIpc) is 2.47. The molecule has 1 atom stereocenters. The summed E-state index contributed by atoms with van der Waals surface area (Å²) >= 11 is 3.33. The molecule has 2 aromatic carbocycles. The van der Waals surface area contributed by atoms with Crippen molar-refractivity contribution in [3.8, 4) is 0 Å². The van der Waals surface area contributed by atoms with Crippen LogP contribution in [0.2, 0.25) is 0 Å². The predicted molar refractivity (Wildman–Crippen MR) is 81.5 cm³/mol. The molecule has 0 aliphatic heterocycles. The van der Waals surface area contributed by atoms with Gasteiger partial charge in [-0.25, -0.2) is 0 Å². The summed E-state index contributed by atoms with van der Waals surface area (Å²) in [6.07, 6.45) is 0. The van der Waals surface area contributed by atoms with E-state index < -0.39 is 14.8 Å². The van der Waals surface area contributed by atoms with Crippen molar-refractivity contribution < 1.29 is 9.85 Å². The summed E-state index contributed by atoms with van der Waals surface area (Å²) in [7, 11) is 0. The Morgan fingerprint density at radius 1 is 0.905 bits per heavy atom. The van der Waals surface area contributed by atoms with E-state index in [1.54, 1.807) is 24.3 Å². The first-order chi connectivity index (χ1) is 10.0. The van der Waals surface area contributed by atoms with Crippen LogP contribution in [-0.4, -0.2) is 9.85 Å². The summed E-state index contributed by atoms with van der Waals surface area (Å²) in [5.74, 6) is 0. The summed E-state index contributed by atoms with van der Waals surface area (Å²) in [5.41, 5.74) is -0.0164. The molecule has 0 saturated carbocycles. The molecule has 0 aliphatic carbocycles. The zero-order valence-corrected chi connectivity index (χ0v) is 12.2. The minimum Gasteiger partial charge on any atom is -0.358 e. The first kappa shape index (κ1) is 14.9. The molecule has 8 heteroatoms. The fourth-order valence-corrected chi connectivity index (χ4v) is 2.35. The number of hydrogen-bond donors (Lipinski definition) is 1. The number of nitro benzene ring substituents is 2. The molecule has 0 aliphatic rings. The normalized spacial score (nSPS) is 11.7. The molecule has 0 amide bonds. The molecule has 2 aromatic rings. The Balaban J connectivity index is 2.42. The van der Waals surface area contributed by atoms with E-state index in [2.05, 4.69) is 21.2 Å². The standard InChI is InChI=1S/C13H10BrN3O4/c14-13(9-5-2-1-3-6-9)15-12-10(16(18)19)7-4-8-11(12)17(20)21/h1-8,13,15H. The SMILES string of the molecule is O=[N+]([O-])c1cccc([N+](=O)[O-])c1NC(Br)c1ccccc1. The van der Waals surface area contributed by atoms with Gasteiger partial charge >= 0.3 is 0 Å². The molecule has 2 rings (SSSR count). The molecule has 1 unspecified atom stereocenters. The summed E-state index contributed by atoms with van der Waals surface area (Å²) in [4.78, 5) is 20.3. The number of rotatable bonds is 5. The summed E-state index contributed by atoms with van der Waals surface area (Å²) in [6, 6.07) is 12.8. The Kier molecular flexibility index (Phi) is 4.49. The maximum atomic E-state index is 11.0. The maximum Gasteiger partial charge on any atom is 0.299 e. The van der Waals surface area contributed by atoms with Gasteiger partial charge in [0.05, 0.1) is 9.85 Å². The average molecular weight is 352 g/mol. The predicted octanol–water partition coefficient (Wildman–Crippen LogP) is 4.01. The number of nitrogens with zero attached hydrogens (tertiary/aromatic N) is 2. The Labute approximate surface area is 128 Å². The molecule has 0 aromatic heterocycles. The molecule has 108 valence electrons. The quantitative estimate of drug-likeness (QED) is 0.379. The van der Waals surface area contributed by atoms with Gasteiger partial charge in [-0.2, -0.15) is 0 Å². The van der Waals surface area contributed by atoms with E-state index in [0.29, 0.717) is 0 Å². The zero-order valence-electron chi connectivity index (χ0n) is 10.6. The number of nitro groups is 2. The number of halogens is 1. The Bertz CT molecular complexity index is 646. The van der Waals surface area contributed by atoms with Gasteiger partial charge in [-0.1, -0.05) is 46.3 Å². The van der Waals surface area contributed by atoms with E-state index in [1.807, 2.05) is 6.07 Å². The van der Waals surface area contributed by atoms with Gasteiger partial charge in [-0.15, -0.1) is 0 Å². The summed E-state index contributed by atoms with van der Waals surface area (Å²) in [5, 5.41) is 24.9. The van der Waals surface area contributed by atoms with Gasteiger partial charge in [0, 0.05) is 12.1 Å². The third-order valence-corrected chi connectivity index (χ3v) is 3.53. The highest BCUT2D eigenvalue weighted by molar-refractivity contribution is 9.09. The van der Waals surface area contributed by atoms with Crippen LogP contribution in [0.4, 0.5) is 17.1 Å². The van der Waals surface area contributed by atoms with E-state index in [-0.39, 0.29) is 17.1 Å². The van der Waals surface area contributed by atoms with Crippen LogP contribution in [0.25, 0.3) is 0 Å². The van der Waals surface area contributed by atoms with Crippen molar-refractivity contribution in [3.05, 3.63) is 74.3 Å². The third-order valence-electron chi connectivity index (χ3n) is 2.78. The van der Waals surface area contributed by atoms with E-state index in [0.717, 1.165) is 5.56 Å². The van der Waals surface area contributed by atoms with Gasteiger partial charge < -0.3 is 5.32 Å². The van der Waals surface area contributed by atoms with Crippen LogP contribution in [0.3, 0.4) is 0 Å². The van der Waals surface area contributed by atoms with Crippen LogP contribution in [0.5, 0.6) is 0 Å². The highest BCUT2D eigenvalue weighted by Gasteiger charge is 2.26. The van der Waals surface area contributed by atoms with Crippen molar-refractivity contribution in [1.29, 1.82) is 0 Å². The lowest BCUT2D eigenvalue weighted by molar-refractivity contribution is -0.392. The smallest absolute Gasteiger partial charge is 0.299 e. The molecule has 0 spiro atoms. The monoisotopic (exact) mass is 351 g/mol. The van der Waals surface area contributed by atoms with Crippen LogP contribution in [-0.2, 0) is 0 Å². The molecule has 1 N–H and O–H groups in total. The third kappa shape index (κ3) is 3.34. The first-order valence-electron chi connectivity index (χ1n) is 5.88. The van der Waals surface area contributed by atoms with Crippen molar-refractivity contribution in [2.45, 2.75) is 4.95 Å². The molecule has 0 heterocycles. The molecule has 21 heavy (non-hydrogen) atoms. The number of benzene rings is 2. The van der Waals surface area contributed by atoms with Gasteiger partial charge in [-0.3, -0.25) is 20.2 Å². The molecule has 0 radical (unpaired) electrons. The molecular formula is C13H10BrN3O4. The van der Waals surface area contributed by atoms with Crippen LogP contribution < -0.4 is 5.32 Å². The van der Waals surface area contributed by atoms with E-state index in [4.69, 9.17) is 0 Å². The lowest BCUT2D eigenvalue weighted by Crippen LogP contribution is -2.08. The van der Waals surface area contributed by atoms with Gasteiger partial charge in [0.2, 0.25) is 0 Å². The maximum absolute atomic E-state index is 11.0. The number of anilines is 1. The van der Waals surface area contributed by atoms with E-state index >= 15 is 0 Å². The minimum atomic E-state index is -0.653. The fraction of sp³-hybridized carbons (Fsp3) is 0.0769. The Morgan fingerprint density at radius 3 is 1.90 bits per heavy atom. The second kappa shape index (κ2) is 6.31. The van der Waals surface area contributed by atoms with Crippen molar-refractivity contribution in [3.63, 3.8) is 0 Å². The summed E-state index contributed by atoms with van der Waals surface area (Å²) in [6.45, 7) is 0. The Hall–Kier alpha value is -2.48. The first-order valence-corrected chi connectivity index (χ1v) is 6.79. The second-order valence-electron chi connectivity index (χ2n) is 4.10. The van der Waals surface area contributed by atoms with Crippen LogP contribution in [0.1, 0.15) is 10.5 Å². The fourth-order valence-electron chi connectivity index (χ4n) is 1.81. The largest absolute Gasteiger partial charge is 0.358 e. The molecule has 0 bridgehead atoms. The molecular weight excluding hydrogens is 342 g/mol. The van der Waals surface area contributed by atoms with Crippen molar-refractivity contribution in [1.82, 2.24) is 0 Å². The van der Waals surface area contributed by atoms with Gasteiger partial charge in [0.15, 0.2) is 5.69 Å². The topological polar surface area (TPSA) is 98.3 Å².